The number of para-hydroxylation sites is 1. The molecule has 0 spiro atoms. The second-order valence-corrected chi connectivity index (χ2v) is 11.9. The molecule has 1 aliphatic rings. The highest BCUT2D eigenvalue weighted by Gasteiger charge is 2.34. The van der Waals surface area contributed by atoms with E-state index in [9.17, 15) is 18.0 Å². The molecule has 182 valence electrons. The molecular formula is C24H35N3O4S2. The summed E-state index contributed by atoms with van der Waals surface area (Å²) in [5.74, 6) is 0.240. The van der Waals surface area contributed by atoms with E-state index in [0.717, 1.165) is 38.5 Å². The normalized spacial score (nSPS) is 17.5. The summed E-state index contributed by atoms with van der Waals surface area (Å²) in [6, 6.07) is 7.05. The van der Waals surface area contributed by atoms with Crippen LogP contribution in [0, 0.1) is 0 Å². The second-order valence-electron chi connectivity index (χ2n) is 8.72. The number of benzene rings is 1. The van der Waals surface area contributed by atoms with E-state index in [2.05, 4.69) is 13.8 Å². The summed E-state index contributed by atoms with van der Waals surface area (Å²) in [6.45, 7) is 5.34. The van der Waals surface area contributed by atoms with Crippen LogP contribution in [0.15, 0.2) is 34.2 Å². The van der Waals surface area contributed by atoms with E-state index in [0.29, 0.717) is 35.6 Å². The Labute approximate surface area is 200 Å². The van der Waals surface area contributed by atoms with Crippen LogP contribution >= 0.6 is 11.8 Å². The molecule has 0 N–H and O–H groups in total. The molecule has 3 rings (SSSR count). The fourth-order valence-corrected chi connectivity index (χ4v) is 6.86. The molecular weight excluding hydrogens is 458 g/mol. The summed E-state index contributed by atoms with van der Waals surface area (Å²) in [5, 5.41) is 1.14. The molecule has 1 aromatic carbocycles. The van der Waals surface area contributed by atoms with Gasteiger partial charge in [-0.15, -0.1) is 0 Å². The predicted octanol–water partition coefficient (Wildman–Crippen LogP) is 3.88. The Bertz CT molecular complexity index is 1110. The van der Waals surface area contributed by atoms with Crippen molar-refractivity contribution in [3.8, 4) is 0 Å². The molecule has 1 saturated heterocycles. The Morgan fingerprint density at radius 2 is 1.91 bits per heavy atom. The molecule has 0 radical (unpaired) electrons. The lowest BCUT2D eigenvalue weighted by Gasteiger charge is -2.28. The predicted molar refractivity (Wildman–Crippen MR) is 135 cm³/mol. The van der Waals surface area contributed by atoms with Gasteiger partial charge in [0.1, 0.15) is 0 Å². The first-order valence-electron chi connectivity index (χ1n) is 12.0. The van der Waals surface area contributed by atoms with Crippen LogP contribution in [0.5, 0.6) is 0 Å². The van der Waals surface area contributed by atoms with Crippen molar-refractivity contribution in [1.82, 2.24) is 14.5 Å². The number of thioether (sulfide) groups is 1. The van der Waals surface area contributed by atoms with Crippen LogP contribution in [0.25, 0.3) is 10.9 Å². The average molecular weight is 494 g/mol. The maximum atomic E-state index is 13.2. The molecule has 0 saturated carbocycles. The van der Waals surface area contributed by atoms with Gasteiger partial charge in [0.05, 0.1) is 28.2 Å². The number of fused-ring (bicyclic) bond motifs is 1. The van der Waals surface area contributed by atoms with E-state index in [1.807, 2.05) is 18.2 Å². The fraction of sp³-hybridized carbons (Fsp3) is 0.625. The number of carbonyl (C=O) groups is 1. The molecule has 33 heavy (non-hydrogen) atoms. The van der Waals surface area contributed by atoms with Crippen LogP contribution in [0.4, 0.5) is 0 Å². The first kappa shape index (κ1) is 25.7. The SMILES string of the molecule is CCCCCCn1c(SCC(=O)N(CCCC)C2CCS(=O)(=O)C2)nc2ccccc2c1=O. The quantitative estimate of drug-likeness (QED) is 0.253. The van der Waals surface area contributed by atoms with E-state index >= 15 is 0 Å². The Kier molecular flexibility index (Phi) is 9.37. The lowest BCUT2D eigenvalue weighted by Crippen LogP contribution is -2.42. The molecule has 0 bridgehead atoms. The van der Waals surface area contributed by atoms with Crippen molar-refractivity contribution < 1.29 is 13.2 Å². The van der Waals surface area contributed by atoms with E-state index in [1.165, 1.54) is 11.8 Å². The third kappa shape index (κ3) is 6.82. The maximum absolute atomic E-state index is 13.2. The molecule has 1 amide bonds. The van der Waals surface area contributed by atoms with Gasteiger partial charge in [-0.1, -0.05) is 63.4 Å². The van der Waals surface area contributed by atoms with Crippen LogP contribution in [0.3, 0.4) is 0 Å². The zero-order valence-electron chi connectivity index (χ0n) is 19.7. The minimum absolute atomic E-state index is 0.0451. The van der Waals surface area contributed by atoms with Crippen LogP contribution in [0.2, 0.25) is 0 Å². The molecule has 9 heteroatoms. The number of carbonyl (C=O) groups excluding carboxylic acids is 1. The summed E-state index contributed by atoms with van der Waals surface area (Å²) in [7, 11) is -3.08. The number of aromatic nitrogens is 2. The first-order chi connectivity index (χ1) is 15.9. The van der Waals surface area contributed by atoms with Crippen molar-refractivity contribution in [1.29, 1.82) is 0 Å². The topological polar surface area (TPSA) is 89.3 Å². The van der Waals surface area contributed by atoms with Crippen molar-refractivity contribution in [2.24, 2.45) is 0 Å². The Hall–Kier alpha value is -1.87. The van der Waals surface area contributed by atoms with Crippen molar-refractivity contribution >= 4 is 38.4 Å². The van der Waals surface area contributed by atoms with E-state index in [4.69, 9.17) is 4.98 Å². The van der Waals surface area contributed by atoms with E-state index in [-0.39, 0.29) is 34.8 Å². The molecule has 0 aliphatic carbocycles. The van der Waals surface area contributed by atoms with Gasteiger partial charge in [0, 0.05) is 19.1 Å². The number of amides is 1. The number of hydrogen-bond acceptors (Lipinski definition) is 6. The van der Waals surface area contributed by atoms with Crippen molar-refractivity contribution in [3.05, 3.63) is 34.6 Å². The molecule has 1 atom stereocenters. The van der Waals surface area contributed by atoms with Crippen LogP contribution in [-0.2, 0) is 21.2 Å². The van der Waals surface area contributed by atoms with Gasteiger partial charge in [-0.3, -0.25) is 14.2 Å². The summed E-state index contributed by atoms with van der Waals surface area (Å²) >= 11 is 1.28. The summed E-state index contributed by atoms with van der Waals surface area (Å²) in [5.41, 5.74) is 0.559. The standard InChI is InChI=1S/C24H35N3O4S2/c1-3-5-7-10-15-27-23(29)20-11-8-9-12-21(20)25-24(27)32-17-22(28)26(14-6-4-2)19-13-16-33(30,31)18-19/h8-9,11-12,19H,3-7,10,13-18H2,1-2H3. The number of nitrogens with zero attached hydrogens (tertiary/aromatic N) is 3. The molecule has 1 aliphatic heterocycles. The van der Waals surface area contributed by atoms with Crippen LogP contribution in [-0.4, -0.2) is 58.6 Å². The highest BCUT2D eigenvalue weighted by Crippen LogP contribution is 2.23. The summed E-state index contributed by atoms with van der Waals surface area (Å²) < 4.78 is 25.7. The van der Waals surface area contributed by atoms with Gasteiger partial charge in [0.15, 0.2) is 15.0 Å². The van der Waals surface area contributed by atoms with E-state index < -0.39 is 9.84 Å². The van der Waals surface area contributed by atoms with Crippen LogP contribution < -0.4 is 5.56 Å². The molecule has 2 heterocycles. The largest absolute Gasteiger partial charge is 0.338 e. The van der Waals surface area contributed by atoms with Crippen LogP contribution in [0.1, 0.15) is 58.8 Å². The number of rotatable bonds is 12. The fourth-order valence-electron chi connectivity index (χ4n) is 4.22. The molecule has 1 fully saturated rings. The zero-order chi connectivity index (χ0) is 23.8. The zero-order valence-corrected chi connectivity index (χ0v) is 21.3. The van der Waals surface area contributed by atoms with Crippen molar-refractivity contribution in [3.63, 3.8) is 0 Å². The average Bonchev–Trinajstić information content (AvgIpc) is 3.16. The minimum Gasteiger partial charge on any atom is -0.338 e. The molecule has 2 aromatic rings. The molecule has 1 aromatic heterocycles. The third-order valence-electron chi connectivity index (χ3n) is 6.11. The van der Waals surface area contributed by atoms with Gasteiger partial charge in [-0.05, 0) is 31.4 Å². The lowest BCUT2D eigenvalue weighted by molar-refractivity contribution is -0.130. The number of sulfone groups is 1. The Balaban J connectivity index is 1.80. The maximum Gasteiger partial charge on any atom is 0.262 e. The Morgan fingerprint density at radius 1 is 1.15 bits per heavy atom. The van der Waals surface area contributed by atoms with Crippen molar-refractivity contribution in [2.75, 3.05) is 23.8 Å². The smallest absolute Gasteiger partial charge is 0.262 e. The lowest BCUT2D eigenvalue weighted by atomic mass is 10.2. The van der Waals surface area contributed by atoms with Gasteiger partial charge < -0.3 is 4.90 Å². The number of hydrogen-bond donors (Lipinski definition) is 0. The molecule has 7 nitrogen and oxygen atoms in total. The highest BCUT2D eigenvalue weighted by atomic mass is 32.2. The van der Waals surface area contributed by atoms with E-state index in [1.54, 1.807) is 15.5 Å². The Morgan fingerprint density at radius 3 is 2.61 bits per heavy atom. The van der Waals surface area contributed by atoms with Gasteiger partial charge in [0.2, 0.25) is 5.91 Å². The third-order valence-corrected chi connectivity index (χ3v) is 8.82. The monoisotopic (exact) mass is 493 g/mol. The second kappa shape index (κ2) is 12.0. The molecule has 1 unspecified atom stereocenters. The van der Waals surface area contributed by atoms with Gasteiger partial charge in [0.25, 0.3) is 5.56 Å². The summed E-state index contributed by atoms with van der Waals surface area (Å²) in [6.07, 6.45) is 6.43. The van der Waals surface area contributed by atoms with Gasteiger partial charge in [-0.2, -0.15) is 0 Å². The first-order valence-corrected chi connectivity index (χ1v) is 14.8. The minimum atomic E-state index is -3.08. The van der Waals surface area contributed by atoms with Gasteiger partial charge >= 0.3 is 0 Å². The van der Waals surface area contributed by atoms with Crippen molar-refractivity contribution in [2.45, 2.75) is 76.5 Å². The summed E-state index contributed by atoms with van der Waals surface area (Å²) in [4.78, 5) is 32.8. The highest BCUT2D eigenvalue weighted by molar-refractivity contribution is 7.99. The van der Waals surface area contributed by atoms with Gasteiger partial charge in [-0.25, -0.2) is 13.4 Å². The number of unbranched alkanes of at least 4 members (excludes halogenated alkanes) is 4.